The third kappa shape index (κ3) is 5.28. The standard InChI is InChI=1S/C28H27N5O4S/c1-37-24-7-3-6-22(19-24)26-27(21-9-13-29-14-10-21)32-33-23(11-15-30-28(26)33)17-20-5-2-8-25(18-20)38(35,36)31-12-4-16-34/h2-3,5-11,13-15,18-19,31,34H,4,12,16-17H2,1H3. The summed E-state index contributed by atoms with van der Waals surface area (Å²) in [5, 5.41) is 13.9. The summed E-state index contributed by atoms with van der Waals surface area (Å²) in [7, 11) is -2.05. The molecule has 0 unspecified atom stereocenters. The van der Waals surface area contributed by atoms with Crippen LogP contribution in [0.3, 0.4) is 0 Å². The smallest absolute Gasteiger partial charge is 0.240 e. The van der Waals surface area contributed by atoms with Gasteiger partial charge in [-0.2, -0.15) is 5.10 Å². The van der Waals surface area contributed by atoms with E-state index >= 15 is 0 Å². The van der Waals surface area contributed by atoms with E-state index in [1.54, 1.807) is 43.9 Å². The Bertz CT molecular complexity index is 1670. The number of nitrogens with one attached hydrogen (secondary N) is 1. The maximum Gasteiger partial charge on any atom is 0.240 e. The molecule has 0 aliphatic carbocycles. The molecule has 3 aromatic heterocycles. The van der Waals surface area contributed by atoms with Crippen molar-refractivity contribution in [1.82, 2.24) is 24.3 Å². The molecule has 3 heterocycles. The van der Waals surface area contributed by atoms with Gasteiger partial charge in [-0.3, -0.25) is 4.98 Å². The van der Waals surface area contributed by atoms with Crippen LogP contribution in [0.5, 0.6) is 5.75 Å². The molecule has 0 aliphatic heterocycles. The number of hydrogen-bond acceptors (Lipinski definition) is 7. The Morgan fingerprint density at radius 3 is 2.58 bits per heavy atom. The van der Waals surface area contributed by atoms with E-state index in [0.29, 0.717) is 18.5 Å². The van der Waals surface area contributed by atoms with Crippen molar-refractivity contribution in [2.24, 2.45) is 0 Å². The molecule has 9 nitrogen and oxygen atoms in total. The number of methoxy groups -OCH3 is 1. The van der Waals surface area contributed by atoms with Crippen LogP contribution in [0.4, 0.5) is 0 Å². The van der Waals surface area contributed by atoms with Crippen LogP contribution in [-0.2, 0) is 16.4 Å². The fraction of sp³-hybridized carbons (Fsp3) is 0.179. The molecule has 5 rings (SSSR count). The Morgan fingerprint density at radius 2 is 1.79 bits per heavy atom. The number of benzene rings is 2. The third-order valence-electron chi connectivity index (χ3n) is 6.13. The molecule has 38 heavy (non-hydrogen) atoms. The molecule has 194 valence electrons. The molecule has 2 N–H and O–H groups in total. The van der Waals surface area contributed by atoms with Crippen molar-refractivity contribution >= 4 is 15.7 Å². The lowest BCUT2D eigenvalue weighted by Gasteiger charge is -2.09. The number of hydrogen-bond donors (Lipinski definition) is 2. The minimum Gasteiger partial charge on any atom is -0.497 e. The van der Waals surface area contributed by atoms with Gasteiger partial charge in [-0.15, -0.1) is 0 Å². The lowest BCUT2D eigenvalue weighted by molar-refractivity contribution is 0.289. The van der Waals surface area contributed by atoms with Gasteiger partial charge in [0, 0.05) is 43.7 Å². The average molecular weight is 530 g/mol. The molecular weight excluding hydrogens is 502 g/mol. The van der Waals surface area contributed by atoms with Crippen LogP contribution < -0.4 is 9.46 Å². The zero-order chi connectivity index (χ0) is 26.5. The minimum atomic E-state index is -3.68. The predicted octanol–water partition coefficient (Wildman–Crippen LogP) is 3.72. The van der Waals surface area contributed by atoms with Gasteiger partial charge in [0.25, 0.3) is 0 Å². The molecule has 2 aromatic carbocycles. The molecule has 0 fully saturated rings. The van der Waals surface area contributed by atoms with E-state index in [-0.39, 0.29) is 18.0 Å². The number of aliphatic hydroxyl groups excluding tert-OH is 1. The van der Waals surface area contributed by atoms with E-state index < -0.39 is 10.0 Å². The Kier molecular flexibility index (Phi) is 7.45. The summed E-state index contributed by atoms with van der Waals surface area (Å²) in [5.41, 5.74) is 5.77. The van der Waals surface area contributed by atoms with Crippen molar-refractivity contribution in [1.29, 1.82) is 0 Å². The average Bonchev–Trinajstić information content (AvgIpc) is 3.35. The van der Waals surface area contributed by atoms with Crippen molar-refractivity contribution in [3.8, 4) is 28.1 Å². The first kappa shape index (κ1) is 25.5. The van der Waals surface area contributed by atoms with E-state index in [4.69, 9.17) is 14.9 Å². The van der Waals surface area contributed by atoms with E-state index in [9.17, 15) is 8.42 Å². The van der Waals surface area contributed by atoms with E-state index in [0.717, 1.165) is 39.4 Å². The maximum atomic E-state index is 12.7. The summed E-state index contributed by atoms with van der Waals surface area (Å²) in [4.78, 5) is 8.99. The van der Waals surface area contributed by atoms with Gasteiger partial charge in [-0.1, -0.05) is 24.3 Å². The topological polar surface area (TPSA) is 119 Å². The van der Waals surface area contributed by atoms with Crippen molar-refractivity contribution in [2.45, 2.75) is 17.7 Å². The number of sulfonamides is 1. The first-order chi connectivity index (χ1) is 18.5. The summed E-state index contributed by atoms with van der Waals surface area (Å²) in [6, 6.07) is 20.3. The quantitative estimate of drug-likeness (QED) is 0.265. The second kappa shape index (κ2) is 11.1. The highest BCUT2D eigenvalue weighted by atomic mass is 32.2. The van der Waals surface area contributed by atoms with Gasteiger partial charge >= 0.3 is 0 Å². The van der Waals surface area contributed by atoms with E-state index in [1.165, 1.54) is 0 Å². The first-order valence-corrected chi connectivity index (χ1v) is 13.6. The lowest BCUT2D eigenvalue weighted by atomic mass is 10.0. The Morgan fingerprint density at radius 1 is 0.974 bits per heavy atom. The van der Waals surface area contributed by atoms with Gasteiger partial charge in [0.05, 0.1) is 23.3 Å². The number of aromatic nitrogens is 4. The zero-order valence-electron chi connectivity index (χ0n) is 20.8. The van der Waals surface area contributed by atoms with Crippen molar-refractivity contribution in [3.05, 3.63) is 96.6 Å². The number of rotatable bonds is 10. The van der Waals surface area contributed by atoms with E-state index in [2.05, 4.69) is 14.7 Å². The molecule has 0 amide bonds. The number of ether oxygens (including phenoxy) is 1. The van der Waals surface area contributed by atoms with Crippen LogP contribution in [0.25, 0.3) is 28.0 Å². The number of aliphatic hydroxyl groups is 1. The maximum absolute atomic E-state index is 12.7. The Balaban J connectivity index is 1.59. The summed E-state index contributed by atoms with van der Waals surface area (Å²) >= 11 is 0. The SMILES string of the molecule is COc1cccc(-c2c(-c3ccncc3)nn3c(Cc4cccc(S(=O)(=O)NCCCO)c4)ccnc23)c1. The second-order valence-electron chi connectivity index (χ2n) is 8.66. The second-order valence-corrected chi connectivity index (χ2v) is 10.4. The molecule has 0 radical (unpaired) electrons. The number of pyridine rings is 1. The van der Waals surface area contributed by atoms with Crippen LogP contribution in [0, 0.1) is 0 Å². The van der Waals surface area contributed by atoms with Crippen molar-refractivity contribution in [2.75, 3.05) is 20.3 Å². The number of fused-ring (bicyclic) bond motifs is 1. The van der Waals surface area contributed by atoms with E-state index in [1.807, 2.05) is 53.0 Å². The predicted molar refractivity (Wildman–Crippen MR) is 144 cm³/mol. The minimum absolute atomic E-state index is 0.0797. The van der Waals surface area contributed by atoms with Crippen molar-refractivity contribution in [3.63, 3.8) is 0 Å². The van der Waals surface area contributed by atoms with Gasteiger partial charge < -0.3 is 9.84 Å². The van der Waals surface area contributed by atoms with Gasteiger partial charge in [-0.05, 0) is 60.0 Å². The monoisotopic (exact) mass is 529 g/mol. The molecule has 0 aliphatic rings. The highest BCUT2D eigenvalue weighted by Gasteiger charge is 2.20. The third-order valence-corrected chi connectivity index (χ3v) is 7.59. The summed E-state index contributed by atoms with van der Waals surface area (Å²) in [6.07, 6.45) is 5.98. The molecule has 5 aromatic rings. The highest BCUT2D eigenvalue weighted by molar-refractivity contribution is 7.89. The van der Waals surface area contributed by atoms with Crippen LogP contribution in [0.15, 0.2) is 90.2 Å². The molecule has 0 atom stereocenters. The van der Waals surface area contributed by atoms with Crippen LogP contribution >= 0.6 is 0 Å². The zero-order valence-corrected chi connectivity index (χ0v) is 21.6. The lowest BCUT2D eigenvalue weighted by Crippen LogP contribution is -2.25. The fourth-order valence-corrected chi connectivity index (χ4v) is 5.43. The van der Waals surface area contributed by atoms with Gasteiger partial charge in [0.1, 0.15) is 11.4 Å². The Hall–Kier alpha value is -4.12. The molecule has 0 saturated carbocycles. The molecule has 0 spiro atoms. The van der Waals surface area contributed by atoms with Gasteiger partial charge in [-0.25, -0.2) is 22.6 Å². The number of nitrogens with zero attached hydrogens (tertiary/aromatic N) is 4. The molecule has 0 bridgehead atoms. The summed E-state index contributed by atoms with van der Waals surface area (Å²) in [5.74, 6) is 0.726. The molecule has 10 heteroatoms. The largest absolute Gasteiger partial charge is 0.497 e. The Labute approximate surface area is 220 Å². The van der Waals surface area contributed by atoms with Crippen LogP contribution in [0.1, 0.15) is 17.7 Å². The van der Waals surface area contributed by atoms with Crippen LogP contribution in [0.2, 0.25) is 0 Å². The first-order valence-electron chi connectivity index (χ1n) is 12.1. The van der Waals surface area contributed by atoms with Crippen molar-refractivity contribution < 1.29 is 18.3 Å². The molecule has 0 saturated heterocycles. The van der Waals surface area contributed by atoms with Crippen LogP contribution in [-0.4, -0.2) is 53.4 Å². The fourth-order valence-electron chi connectivity index (χ4n) is 4.28. The summed E-state index contributed by atoms with van der Waals surface area (Å²) < 4.78 is 35.2. The van der Waals surface area contributed by atoms with Gasteiger partial charge in [0.15, 0.2) is 5.65 Å². The normalized spacial score (nSPS) is 11.6. The van der Waals surface area contributed by atoms with Gasteiger partial charge in [0.2, 0.25) is 10.0 Å². The molecular formula is C28H27N5O4S. The summed E-state index contributed by atoms with van der Waals surface area (Å²) in [6.45, 7) is 0.0931. The highest BCUT2D eigenvalue weighted by Crippen LogP contribution is 2.36.